The third-order valence-corrected chi connectivity index (χ3v) is 2.59. The van der Waals surface area contributed by atoms with Gasteiger partial charge in [-0.3, -0.25) is 10.1 Å². The van der Waals surface area contributed by atoms with Crippen LogP contribution in [0.1, 0.15) is 6.92 Å². The third-order valence-electron chi connectivity index (χ3n) is 2.59. The summed E-state index contributed by atoms with van der Waals surface area (Å²) in [6.45, 7) is 4.72. The van der Waals surface area contributed by atoms with E-state index in [2.05, 4.69) is 17.1 Å². The third kappa shape index (κ3) is 3.92. The van der Waals surface area contributed by atoms with Crippen molar-refractivity contribution in [2.24, 2.45) is 0 Å². The lowest BCUT2D eigenvalue weighted by molar-refractivity contribution is -0.384. The first kappa shape index (κ1) is 13.2. The van der Waals surface area contributed by atoms with Crippen molar-refractivity contribution in [2.75, 3.05) is 37.7 Å². The van der Waals surface area contributed by atoms with Crippen LogP contribution >= 0.6 is 0 Å². The molecule has 0 aliphatic carbocycles. The summed E-state index contributed by atoms with van der Waals surface area (Å²) in [6, 6.07) is 4.45. The second kappa shape index (κ2) is 6.05. The Morgan fingerprint density at radius 3 is 2.76 bits per heavy atom. The second-order valence-electron chi connectivity index (χ2n) is 3.85. The van der Waals surface area contributed by atoms with Gasteiger partial charge in [-0.1, -0.05) is 6.92 Å². The predicted octanol–water partition coefficient (Wildman–Crippen LogP) is 1.54. The van der Waals surface area contributed by atoms with Gasteiger partial charge in [0, 0.05) is 25.2 Å². The number of non-ortho nitro benzene ring substituents is 1. The molecule has 0 spiro atoms. The number of rotatable bonds is 6. The lowest BCUT2D eigenvalue weighted by atomic mass is 10.2. The van der Waals surface area contributed by atoms with E-state index in [-0.39, 0.29) is 5.69 Å². The zero-order chi connectivity index (χ0) is 12.8. The molecule has 0 bridgehead atoms. The number of hydrogen-bond donors (Lipinski definition) is 2. The highest BCUT2D eigenvalue weighted by molar-refractivity contribution is 5.69. The number of nitrogens with one attached hydrogen (secondary N) is 1. The van der Waals surface area contributed by atoms with Crippen LogP contribution in [0, 0.1) is 10.1 Å². The van der Waals surface area contributed by atoms with Gasteiger partial charge < -0.3 is 16.0 Å². The molecule has 0 aromatic heterocycles. The van der Waals surface area contributed by atoms with E-state index in [1.165, 1.54) is 12.1 Å². The van der Waals surface area contributed by atoms with Crippen LogP contribution in [-0.4, -0.2) is 36.5 Å². The maximum Gasteiger partial charge on any atom is 0.271 e. The summed E-state index contributed by atoms with van der Waals surface area (Å²) in [4.78, 5) is 12.2. The van der Waals surface area contributed by atoms with Crippen molar-refractivity contribution < 1.29 is 4.92 Å². The zero-order valence-electron chi connectivity index (χ0n) is 10.1. The van der Waals surface area contributed by atoms with Crippen LogP contribution in [0.4, 0.5) is 17.1 Å². The number of likely N-dealkylation sites (N-methyl/N-ethyl adjacent to an activating group) is 1. The first-order valence-corrected chi connectivity index (χ1v) is 5.51. The Hall–Kier alpha value is -1.82. The summed E-state index contributed by atoms with van der Waals surface area (Å²) in [7, 11) is 2.03. The molecule has 1 aromatic rings. The number of anilines is 2. The molecule has 3 N–H and O–H groups in total. The van der Waals surface area contributed by atoms with Gasteiger partial charge in [-0.2, -0.15) is 0 Å². The number of nitro groups is 1. The lowest BCUT2D eigenvalue weighted by Crippen LogP contribution is -2.24. The minimum atomic E-state index is -0.453. The molecule has 0 radical (unpaired) electrons. The van der Waals surface area contributed by atoms with Crippen LogP contribution in [0.2, 0.25) is 0 Å². The molecule has 0 aliphatic rings. The van der Waals surface area contributed by atoms with Gasteiger partial charge in [-0.15, -0.1) is 0 Å². The summed E-state index contributed by atoms with van der Waals surface area (Å²) in [5, 5.41) is 13.7. The molecule has 0 aliphatic heterocycles. The minimum Gasteiger partial charge on any atom is -0.397 e. The van der Waals surface area contributed by atoms with E-state index < -0.39 is 4.92 Å². The molecular formula is C11H18N4O2. The molecule has 17 heavy (non-hydrogen) atoms. The molecule has 1 aromatic carbocycles. The summed E-state index contributed by atoms with van der Waals surface area (Å²) in [5.74, 6) is 0. The highest BCUT2D eigenvalue weighted by Gasteiger charge is 2.08. The normalized spacial score (nSPS) is 10.5. The van der Waals surface area contributed by atoms with E-state index in [4.69, 9.17) is 5.73 Å². The predicted molar refractivity (Wildman–Crippen MR) is 69.2 cm³/mol. The fraction of sp³-hybridized carbons (Fsp3) is 0.455. The summed E-state index contributed by atoms with van der Waals surface area (Å²) in [5.41, 5.74) is 6.88. The van der Waals surface area contributed by atoms with Crippen LogP contribution in [0.25, 0.3) is 0 Å². The molecule has 94 valence electrons. The lowest BCUT2D eigenvalue weighted by Gasteiger charge is -2.15. The topological polar surface area (TPSA) is 84.4 Å². The van der Waals surface area contributed by atoms with Crippen molar-refractivity contribution in [2.45, 2.75) is 6.92 Å². The highest BCUT2D eigenvalue weighted by atomic mass is 16.6. The molecule has 0 atom stereocenters. The Labute approximate surface area is 101 Å². The molecule has 0 saturated carbocycles. The number of nitrogens with zero attached hydrogens (tertiary/aromatic N) is 2. The van der Waals surface area contributed by atoms with Crippen LogP contribution in [0.15, 0.2) is 18.2 Å². The fourth-order valence-corrected chi connectivity index (χ4v) is 1.36. The molecular weight excluding hydrogens is 220 g/mol. The van der Waals surface area contributed by atoms with Crippen molar-refractivity contribution >= 4 is 17.1 Å². The Morgan fingerprint density at radius 2 is 2.24 bits per heavy atom. The maximum atomic E-state index is 10.5. The first-order valence-electron chi connectivity index (χ1n) is 5.51. The number of nitro benzene ring substituents is 1. The van der Waals surface area contributed by atoms with Gasteiger partial charge in [-0.05, 0) is 19.7 Å². The van der Waals surface area contributed by atoms with E-state index in [0.717, 1.165) is 25.3 Å². The van der Waals surface area contributed by atoms with Crippen molar-refractivity contribution in [1.82, 2.24) is 4.90 Å². The summed E-state index contributed by atoms with van der Waals surface area (Å²) < 4.78 is 0. The van der Waals surface area contributed by atoms with Gasteiger partial charge in [0.1, 0.15) is 0 Å². The highest BCUT2D eigenvalue weighted by Crippen LogP contribution is 2.23. The zero-order valence-corrected chi connectivity index (χ0v) is 10.1. The fourth-order valence-electron chi connectivity index (χ4n) is 1.36. The van der Waals surface area contributed by atoms with Gasteiger partial charge in [0.25, 0.3) is 5.69 Å². The minimum absolute atomic E-state index is 0.0127. The van der Waals surface area contributed by atoms with Crippen LogP contribution in [-0.2, 0) is 0 Å². The quantitative estimate of drug-likeness (QED) is 0.446. The smallest absolute Gasteiger partial charge is 0.271 e. The first-order chi connectivity index (χ1) is 8.04. The molecule has 0 amide bonds. The average molecular weight is 238 g/mol. The van der Waals surface area contributed by atoms with Crippen molar-refractivity contribution in [1.29, 1.82) is 0 Å². The second-order valence-corrected chi connectivity index (χ2v) is 3.85. The standard InChI is InChI=1S/C11H18N4O2/c1-3-14(2)7-6-13-11-5-4-9(15(16)17)8-10(11)12/h4-5,8,13H,3,6-7,12H2,1-2H3. The van der Waals surface area contributed by atoms with Crippen molar-refractivity contribution in [3.63, 3.8) is 0 Å². The van der Waals surface area contributed by atoms with Gasteiger partial charge in [-0.25, -0.2) is 0 Å². The Morgan fingerprint density at radius 1 is 1.53 bits per heavy atom. The van der Waals surface area contributed by atoms with E-state index in [9.17, 15) is 10.1 Å². The van der Waals surface area contributed by atoms with Gasteiger partial charge in [0.2, 0.25) is 0 Å². The Kier molecular flexibility index (Phi) is 4.71. The monoisotopic (exact) mass is 238 g/mol. The van der Waals surface area contributed by atoms with E-state index in [1.807, 2.05) is 7.05 Å². The van der Waals surface area contributed by atoms with Gasteiger partial charge in [0.05, 0.1) is 16.3 Å². The largest absolute Gasteiger partial charge is 0.397 e. The van der Waals surface area contributed by atoms with Crippen molar-refractivity contribution in [3.05, 3.63) is 28.3 Å². The number of nitrogen functional groups attached to an aromatic ring is 1. The number of hydrogen-bond acceptors (Lipinski definition) is 5. The molecule has 6 heteroatoms. The van der Waals surface area contributed by atoms with Crippen LogP contribution in [0.3, 0.4) is 0 Å². The maximum absolute atomic E-state index is 10.5. The Balaban J connectivity index is 2.57. The van der Waals surface area contributed by atoms with E-state index in [1.54, 1.807) is 6.07 Å². The molecule has 0 heterocycles. The average Bonchev–Trinajstić information content (AvgIpc) is 2.30. The van der Waals surface area contributed by atoms with Crippen LogP contribution < -0.4 is 11.1 Å². The van der Waals surface area contributed by atoms with Gasteiger partial charge in [0.15, 0.2) is 0 Å². The SMILES string of the molecule is CCN(C)CCNc1ccc([N+](=O)[O-])cc1N. The molecule has 0 saturated heterocycles. The number of nitrogens with two attached hydrogens (primary N) is 1. The number of benzene rings is 1. The summed E-state index contributed by atoms with van der Waals surface area (Å²) in [6.07, 6.45) is 0. The molecule has 0 unspecified atom stereocenters. The van der Waals surface area contributed by atoms with Crippen LogP contribution in [0.5, 0.6) is 0 Å². The van der Waals surface area contributed by atoms with E-state index in [0.29, 0.717) is 5.69 Å². The van der Waals surface area contributed by atoms with Crippen molar-refractivity contribution in [3.8, 4) is 0 Å². The summed E-state index contributed by atoms with van der Waals surface area (Å²) >= 11 is 0. The Bertz CT molecular complexity index is 395. The van der Waals surface area contributed by atoms with E-state index >= 15 is 0 Å². The molecule has 6 nitrogen and oxygen atoms in total. The molecule has 1 rings (SSSR count). The van der Waals surface area contributed by atoms with Gasteiger partial charge >= 0.3 is 0 Å². The molecule has 0 fully saturated rings.